The van der Waals surface area contributed by atoms with E-state index in [4.69, 9.17) is 33.7 Å². The van der Waals surface area contributed by atoms with Gasteiger partial charge in [0.15, 0.2) is 0 Å². The molecule has 0 aliphatic carbocycles. The van der Waals surface area contributed by atoms with Crippen LogP contribution >= 0.6 is 0 Å². The van der Waals surface area contributed by atoms with E-state index in [1.54, 1.807) is 0 Å². The molecule has 0 saturated carbocycles. The number of rotatable bonds is 9. The van der Waals surface area contributed by atoms with Crippen LogP contribution in [0.4, 0.5) is 0 Å². The second kappa shape index (κ2) is 28.6. The molecule has 0 fully saturated rings. The monoisotopic (exact) mass is 332 g/mol. The van der Waals surface area contributed by atoms with Gasteiger partial charge in [0.05, 0.1) is 26.4 Å². The minimum atomic E-state index is -3.63. The number of hydrogen-bond acceptors (Lipinski definition) is 7. The SMILES string of the molecule is CCCCOCCOCC(O)CO.O.O=[Si]([O-])[O-].[Na+].[Na+]. The first-order chi connectivity index (χ1) is 8.04. The van der Waals surface area contributed by atoms with E-state index in [2.05, 4.69) is 6.92 Å². The fraction of sp³-hybridized carbons (Fsp3) is 1.00. The van der Waals surface area contributed by atoms with Crippen LogP contribution in [0.2, 0.25) is 0 Å². The Balaban J connectivity index is -0.0000000951. The van der Waals surface area contributed by atoms with Crippen LogP contribution in [0.15, 0.2) is 0 Å². The van der Waals surface area contributed by atoms with Crippen LogP contribution in [-0.4, -0.2) is 64.0 Å². The first-order valence-corrected chi connectivity index (χ1v) is 6.59. The number of aliphatic hydroxyl groups is 2. The molecule has 0 aromatic rings. The molecule has 0 spiro atoms. The summed E-state index contributed by atoms with van der Waals surface area (Å²) < 4.78 is 18.8. The third-order valence-corrected chi connectivity index (χ3v) is 1.54. The maximum absolute atomic E-state index is 8.88. The summed E-state index contributed by atoms with van der Waals surface area (Å²) in [6.45, 7) is 3.82. The van der Waals surface area contributed by atoms with Crippen molar-refractivity contribution in [3.63, 3.8) is 0 Å². The molecule has 0 rings (SSSR count). The van der Waals surface area contributed by atoms with Crippen molar-refractivity contribution in [2.75, 3.05) is 33.0 Å². The molecule has 0 aromatic carbocycles. The van der Waals surface area contributed by atoms with Gasteiger partial charge in [0, 0.05) is 15.8 Å². The fourth-order valence-corrected chi connectivity index (χ4v) is 0.738. The molecule has 0 aliphatic heterocycles. The van der Waals surface area contributed by atoms with Crippen molar-refractivity contribution in [3.05, 3.63) is 0 Å². The van der Waals surface area contributed by atoms with Gasteiger partial charge in [-0.05, 0) is 6.42 Å². The smallest absolute Gasteiger partial charge is 0.672 e. The van der Waals surface area contributed by atoms with Crippen molar-refractivity contribution < 1.29 is 98.3 Å². The first-order valence-electron chi connectivity index (χ1n) is 5.37. The number of aliphatic hydroxyl groups excluding tert-OH is 2. The van der Waals surface area contributed by atoms with Gasteiger partial charge < -0.3 is 39.2 Å². The summed E-state index contributed by atoms with van der Waals surface area (Å²) in [5.41, 5.74) is 0. The number of unbranched alkanes of at least 4 members (excludes halogenated alkanes) is 1. The van der Waals surface area contributed by atoms with E-state index >= 15 is 0 Å². The van der Waals surface area contributed by atoms with Crippen molar-refractivity contribution in [2.24, 2.45) is 0 Å². The Kier molecular flexibility index (Phi) is 47.3. The first kappa shape index (κ1) is 33.1. The van der Waals surface area contributed by atoms with E-state index in [0.29, 0.717) is 13.2 Å². The molecule has 1 unspecified atom stereocenters. The van der Waals surface area contributed by atoms with Crippen molar-refractivity contribution in [3.8, 4) is 0 Å². The summed E-state index contributed by atoms with van der Waals surface area (Å²) in [4.78, 5) is 17.0. The third-order valence-electron chi connectivity index (χ3n) is 1.54. The molecule has 0 aromatic heterocycles. The van der Waals surface area contributed by atoms with Crippen molar-refractivity contribution in [2.45, 2.75) is 25.9 Å². The van der Waals surface area contributed by atoms with Gasteiger partial charge in [-0.1, -0.05) is 13.3 Å². The molecule has 0 bridgehead atoms. The molecule has 0 saturated heterocycles. The van der Waals surface area contributed by atoms with Crippen LogP contribution in [0.3, 0.4) is 0 Å². The third kappa shape index (κ3) is 42.7. The van der Waals surface area contributed by atoms with Gasteiger partial charge in [-0.15, -0.1) is 0 Å². The molecule has 11 heteroatoms. The van der Waals surface area contributed by atoms with E-state index < -0.39 is 15.3 Å². The van der Waals surface area contributed by atoms with Crippen LogP contribution in [0.25, 0.3) is 0 Å². The van der Waals surface area contributed by atoms with Gasteiger partial charge >= 0.3 is 59.1 Å². The zero-order chi connectivity index (χ0) is 13.5. The molecule has 4 N–H and O–H groups in total. The van der Waals surface area contributed by atoms with E-state index in [-0.39, 0.29) is 77.8 Å². The summed E-state index contributed by atoms with van der Waals surface area (Å²) >= 11 is 0. The molecule has 0 aliphatic rings. The van der Waals surface area contributed by atoms with Gasteiger partial charge in [-0.25, -0.2) is 0 Å². The topological polar surface area (TPSA) is 154 Å². The standard InChI is InChI=1S/C9H20O4.2Na.O3Si.H2O/c1-2-3-4-12-5-6-13-8-9(11)7-10;;;1-4(2)3;/h9-11H,2-8H2,1H3;;;;1H2/q;2*+1;-2;. The summed E-state index contributed by atoms with van der Waals surface area (Å²) in [7, 11) is -3.63. The molecular formula is C9H22Na2O8Si. The second-order valence-electron chi connectivity index (χ2n) is 3.13. The molecule has 0 radical (unpaired) electrons. The predicted molar refractivity (Wildman–Crippen MR) is 59.7 cm³/mol. The fourth-order valence-electron chi connectivity index (χ4n) is 0.738. The van der Waals surface area contributed by atoms with Gasteiger partial charge in [-0.2, -0.15) is 0 Å². The molecule has 20 heavy (non-hydrogen) atoms. The zero-order valence-electron chi connectivity index (χ0n) is 12.5. The average Bonchev–Trinajstić information content (AvgIpc) is 2.26. The maximum atomic E-state index is 8.88. The van der Waals surface area contributed by atoms with E-state index in [9.17, 15) is 0 Å². The summed E-state index contributed by atoms with van der Waals surface area (Å²) in [5.74, 6) is 0. The minimum absolute atomic E-state index is 0. The predicted octanol–water partition coefficient (Wildman–Crippen LogP) is -9.52. The zero-order valence-corrected chi connectivity index (χ0v) is 17.5. The number of ether oxygens (including phenoxy) is 2. The van der Waals surface area contributed by atoms with Gasteiger partial charge in [0.2, 0.25) is 0 Å². The molecule has 112 valence electrons. The van der Waals surface area contributed by atoms with Gasteiger partial charge in [0.1, 0.15) is 6.10 Å². The van der Waals surface area contributed by atoms with Crippen LogP contribution in [-0.2, 0) is 13.9 Å². The van der Waals surface area contributed by atoms with Gasteiger partial charge in [-0.3, -0.25) is 0 Å². The Morgan fingerprint density at radius 1 is 1.15 bits per heavy atom. The van der Waals surface area contributed by atoms with Crippen molar-refractivity contribution in [1.29, 1.82) is 0 Å². The normalized spacial score (nSPS) is 9.75. The Bertz CT molecular complexity index is 174. The quantitative estimate of drug-likeness (QED) is 0.314. The summed E-state index contributed by atoms with van der Waals surface area (Å²) in [5, 5.41) is 17.3. The molecule has 0 heterocycles. The Labute approximate surface area is 165 Å². The average molecular weight is 332 g/mol. The molecule has 8 nitrogen and oxygen atoms in total. The Morgan fingerprint density at radius 3 is 2.00 bits per heavy atom. The summed E-state index contributed by atoms with van der Waals surface area (Å²) in [6.07, 6.45) is 1.43. The van der Waals surface area contributed by atoms with E-state index in [1.165, 1.54) is 0 Å². The van der Waals surface area contributed by atoms with Crippen LogP contribution in [0, 0.1) is 0 Å². The largest absolute Gasteiger partial charge is 1.00 e. The molecular weight excluding hydrogens is 310 g/mol. The van der Waals surface area contributed by atoms with Crippen molar-refractivity contribution >= 4 is 9.17 Å². The van der Waals surface area contributed by atoms with Gasteiger partial charge in [0.25, 0.3) is 0 Å². The molecule has 1 atom stereocenters. The summed E-state index contributed by atoms with van der Waals surface area (Å²) in [6, 6.07) is 0. The van der Waals surface area contributed by atoms with E-state index in [1.807, 2.05) is 0 Å². The number of hydrogen-bond donors (Lipinski definition) is 2. The second-order valence-corrected chi connectivity index (χ2v) is 3.63. The van der Waals surface area contributed by atoms with Crippen LogP contribution in [0.5, 0.6) is 0 Å². The van der Waals surface area contributed by atoms with Crippen molar-refractivity contribution in [1.82, 2.24) is 0 Å². The molecule has 0 amide bonds. The van der Waals surface area contributed by atoms with Crippen LogP contribution in [0.1, 0.15) is 19.8 Å². The van der Waals surface area contributed by atoms with E-state index in [0.717, 1.165) is 19.4 Å². The Hall–Kier alpha value is 1.42. The van der Waals surface area contributed by atoms with Crippen LogP contribution < -0.4 is 68.7 Å². The Morgan fingerprint density at radius 2 is 1.60 bits per heavy atom. The minimum Gasteiger partial charge on any atom is -0.672 e. The maximum Gasteiger partial charge on any atom is 1.00 e.